The Balaban J connectivity index is 3.20. The maximum atomic E-state index is 11.5. The maximum absolute atomic E-state index is 11.5. The Bertz CT molecular complexity index is 318. The second kappa shape index (κ2) is 4.14. The number of benzene rings is 1. The smallest absolute Gasteiger partial charge is 0.232 e. The van der Waals surface area contributed by atoms with Gasteiger partial charge in [0.25, 0.3) is 0 Å². The molecule has 0 amide bonds. The van der Waals surface area contributed by atoms with Gasteiger partial charge in [0.2, 0.25) is 5.24 Å². The number of hydrogen-bond donors (Lipinski definition) is 0. The van der Waals surface area contributed by atoms with Crippen molar-refractivity contribution in [2.24, 2.45) is 5.92 Å². The van der Waals surface area contributed by atoms with Crippen LogP contribution < -0.4 is 0 Å². The van der Waals surface area contributed by atoms with Crippen LogP contribution in [-0.2, 0) is 10.2 Å². The van der Waals surface area contributed by atoms with Gasteiger partial charge in [-0.05, 0) is 30.0 Å². The molecule has 1 unspecified atom stereocenters. The molecule has 1 aromatic carbocycles. The molecule has 0 aromatic heterocycles. The Kier molecular flexibility index (Phi) is 3.33. The minimum absolute atomic E-state index is 0.190. The van der Waals surface area contributed by atoms with Crippen LogP contribution in [0.2, 0.25) is 0 Å². The molecule has 76 valence electrons. The van der Waals surface area contributed by atoms with E-state index in [0.29, 0.717) is 0 Å². The van der Waals surface area contributed by atoms with Crippen molar-refractivity contribution in [3.8, 4) is 0 Å². The molecule has 0 radical (unpaired) electrons. The third kappa shape index (κ3) is 1.83. The van der Waals surface area contributed by atoms with E-state index >= 15 is 0 Å². The molecule has 0 saturated heterocycles. The van der Waals surface area contributed by atoms with Crippen molar-refractivity contribution >= 4 is 16.8 Å². The standard InChI is InChI=1S/C12H15ClO/c1-9(2)12(3,11(13)14)10-7-5-4-6-8-10/h4-9H,1-3H3. The molecule has 0 aliphatic carbocycles. The quantitative estimate of drug-likeness (QED) is 0.700. The van der Waals surface area contributed by atoms with Gasteiger partial charge >= 0.3 is 0 Å². The number of carbonyl (C=O) groups excluding carboxylic acids is 1. The van der Waals surface area contributed by atoms with E-state index < -0.39 is 5.41 Å². The SMILES string of the molecule is CC(C)C(C)(C(=O)Cl)c1ccccc1. The average Bonchev–Trinajstić information content (AvgIpc) is 2.17. The molecular weight excluding hydrogens is 196 g/mol. The van der Waals surface area contributed by atoms with Crippen LogP contribution in [0.3, 0.4) is 0 Å². The first-order valence-electron chi connectivity index (χ1n) is 4.75. The fourth-order valence-corrected chi connectivity index (χ4v) is 1.79. The Morgan fingerprint density at radius 1 is 1.29 bits per heavy atom. The highest BCUT2D eigenvalue weighted by Crippen LogP contribution is 2.33. The zero-order valence-electron chi connectivity index (χ0n) is 8.75. The second-order valence-corrected chi connectivity index (χ2v) is 4.34. The van der Waals surface area contributed by atoms with Crippen molar-refractivity contribution in [2.75, 3.05) is 0 Å². The highest BCUT2D eigenvalue weighted by atomic mass is 35.5. The zero-order valence-corrected chi connectivity index (χ0v) is 9.51. The summed E-state index contributed by atoms with van der Waals surface area (Å²) in [7, 11) is 0. The normalized spacial score (nSPS) is 15.2. The van der Waals surface area contributed by atoms with E-state index in [1.54, 1.807) is 0 Å². The van der Waals surface area contributed by atoms with E-state index in [1.165, 1.54) is 0 Å². The molecule has 0 aliphatic rings. The van der Waals surface area contributed by atoms with Gasteiger partial charge in [-0.25, -0.2) is 0 Å². The highest BCUT2D eigenvalue weighted by molar-refractivity contribution is 6.65. The van der Waals surface area contributed by atoms with Crippen LogP contribution in [0.5, 0.6) is 0 Å². The lowest BCUT2D eigenvalue weighted by Gasteiger charge is -2.30. The molecule has 1 rings (SSSR count). The van der Waals surface area contributed by atoms with Crippen molar-refractivity contribution in [3.05, 3.63) is 35.9 Å². The van der Waals surface area contributed by atoms with Crippen LogP contribution in [0, 0.1) is 5.92 Å². The Labute approximate surface area is 90.1 Å². The number of hydrogen-bond acceptors (Lipinski definition) is 1. The summed E-state index contributed by atoms with van der Waals surface area (Å²) in [5.41, 5.74) is 0.401. The highest BCUT2D eigenvalue weighted by Gasteiger charge is 2.36. The topological polar surface area (TPSA) is 17.1 Å². The van der Waals surface area contributed by atoms with E-state index in [0.717, 1.165) is 5.56 Å². The van der Waals surface area contributed by atoms with E-state index in [-0.39, 0.29) is 11.2 Å². The lowest BCUT2D eigenvalue weighted by molar-refractivity contribution is -0.117. The third-order valence-corrected chi connectivity index (χ3v) is 3.33. The summed E-state index contributed by atoms with van der Waals surface area (Å²) in [6, 6.07) is 9.68. The summed E-state index contributed by atoms with van der Waals surface area (Å²) in [5, 5.41) is -0.293. The molecule has 0 N–H and O–H groups in total. The first kappa shape index (κ1) is 11.3. The summed E-state index contributed by atoms with van der Waals surface area (Å²) in [5.74, 6) is 0.190. The van der Waals surface area contributed by atoms with Crippen LogP contribution in [0.1, 0.15) is 26.3 Å². The molecule has 1 aromatic rings. The fraction of sp³-hybridized carbons (Fsp3) is 0.417. The van der Waals surface area contributed by atoms with Gasteiger partial charge in [-0.15, -0.1) is 0 Å². The molecule has 0 fully saturated rings. The molecule has 14 heavy (non-hydrogen) atoms. The lowest BCUT2D eigenvalue weighted by Crippen LogP contribution is -2.34. The summed E-state index contributed by atoms with van der Waals surface area (Å²) >= 11 is 5.68. The first-order chi connectivity index (χ1) is 6.49. The van der Waals surface area contributed by atoms with Gasteiger partial charge in [-0.3, -0.25) is 4.79 Å². The van der Waals surface area contributed by atoms with Gasteiger partial charge in [-0.2, -0.15) is 0 Å². The fourth-order valence-electron chi connectivity index (χ4n) is 1.46. The molecule has 0 spiro atoms. The van der Waals surface area contributed by atoms with Gasteiger partial charge in [0, 0.05) is 0 Å². The average molecular weight is 211 g/mol. The molecule has 0 heterocycles. The van der Waals surface area contributed by atoms with Crippen LogP contribution in [0.4, 0.5) is 0 Å². The number of rotatable bonds is 3. The zero-order chi connectivity index (χ0) is 10.8. The van der Waals surface area contributed by atoms with Crippen LogP contribution >= 0.6 is 11.6 Å². The van der Waals surface area contributed by atoms with Gasteiger partial charge in [0.1, 0.15) is 0 Å². The van der Waals surface area contributed by atoms with Gasteiger partial charge in [0.05, 0.1) is 5.41 Å². The van der Waals surface area contributed by atoms with Crippen molar-refractivity contribution in [1.29, 1.82) is 0 Å². The van der Waals surface area contributed by atoms with Crippen molar-refractivity contribution in [3.63, 3.8) is 0 Å². The van der Waals surface area contributed by atoms with Gasteiger partial charge in [-0.1, -0.05) is 44.2 Å². The minimum Gasteiger partial charge on any atom is -0.280 e. The van der Waals surface area contributed by atoms with Crippen molar-refractivity contribution in [2.45, 2.75) is 26.2 Å². The molecule has 1 atom stereocenters. The summed E-state index contributed by atoms with van der Waals surface area (Å²) in [4.78, 5) is 11.5. The second-order valence-electron chi connectivity index (χ2n) is 4.00. The van der Waals surface area contributed by atoms with Gasteiger partial charge in [0.15, 0.2) is 0 Å². The van der Waals surface area contributed by atoms with Crippen LogP contribution in [0.15, 0.2) is 30.3 Å². The lowest BCUT2D eigenvalue weighted by atomic mass is 9.74. The molecule has 0 saturated carbocycles. The monoisotopic (exact) mass is 210 g/mol. The van der Waals surface area contributed by atoms with Crippen LogP contribution in [0.25, 0.3) is 0 Å². The summed E-state index contributed by atoms with van der Waals surface area (Å²) < 4.78 is 0. The van der Waals surface area contributed by atoms with E-state index in [9.17, 15) is 4.79 Å². The minimum atomic E-state index is -0.581. The largest absolute Gasteiger partial charge is 0.280 e. The van der Waals surface area contributed by atoms with Crippen molar-refractivity contribution in [1.82, 2.24) is 0 Å². The predicted molar refractivity (Wildman–Crippen MR) is 59.5 cm³/mol. The Hall–Kier alpha value is -0.820. The van der Waals surface area contributed by atoms with E-state index in [4.69, 9.17) is 11.6 Å². The maximum Gasteiger partial charge on any atom is 0.232 e. The molecule has 1 nitrogen and oxygen atoms in total. The molecular formula is C12H15ClO. The molecule has 2 heteroatoms. The third-order valence-electron chi connectivity index (χ3n) is 2.94. The first-order valence-corrected chi connectivity index (χ1v) is 5.13. The number of carbonyl (C=O) groups is 1. The van der Waals surface area contributed by atoms with E-state index in [2.05, 4.69) is 0 Å². The Morgan fingerprint density at radius 3 is 2.14 bits per heavy atom. The molecule has 0 bridgehead atoms. The van der Waals surface area contributed by atoms with Crippen molar-refractivity contribution < 1.29 is 4.79 Å². The Morgan fingerprint density at radius 2 is 1.79 bits per heavy atom. The predicted octanol–water partition coefficient (Wildman–Crippen LogP) is 3.37. The van der Waals surface area contributed by atoms with Gasteiger partial charge < -0.3 is 0 Å². The number of halogens is 1. The molecule has 0 aliphatic heterocycles. The summed E-state index contributed by atoms with van der Waals surface area (Å²) in [6.07, 6.45) is 0. The summed E-state index contributed by atoms with van der Waals surface area (Å²) in [6.45, 7) is 5.91. The van der Waals surface area contributed by atoms with Crippen LogP contribution in [-0.4, -0.2) is 5.24 Å². The van der Waals surface area contributed by atoms with E-state index in [1.807, 2.05) is 51.1 Å².